The number of carbonyl (C=O) groups excluding carboxylic acids is 2. The van der Waals surface area contributed by atoms with Crippen LogP contribution < -0.4 is 10.9 Å². The largest absolute Gasteiger partial charge is 0.331 e. The van der Waals surface area contributed by atoms with Gasteiger partial charge in [-0.2, -0.15) is 0 Å². The van der Waals surface area contributed by atoms with Crippen molar-refractivity contribution in [2.45, 2.75) is 19.8 Å². The molecule has 2 N–H and O–H groups in total. The van der Waals surface area contributed by atoms with Crippen LogP contribution in [-0.4, -0.2) is 21.4 Å². The summed E-state index contributed by atoms with van der Waals surface area (Å²) in [5, 5.41) is 0. The van der Waals surface area contributed by atoms with E-state index in [-0.39, 0.29) is 24.2 Å². The smallest absolute Gasteiger partial charge is 0.245 e. The second kappa shape index (κ2) is 5.20. The van der Waals surface area contributed by atoms with Crippen molar-refractivity contribution in [1.29, 1.82) is 0 Å². The summed E-state index contributed by atoms with van der Waals surface area (Å²) in [5.74, 6) is 0.751. The van der Waals surface area contributed by atoms with Crippen molar-refractivity contribution >= 4 is 22.8 Å². The number of imidazole rings is 1. The van der Waals surface area contributed by atoms with Gasteiger partial charge in [0.2, 0.25) is 11.8 Å². The molecule has 1 heterocycles. The molecule has 2 aromatic rings. The Morgan fingerprint density at radius 3 is 2.71 bits per heavy atom. The SMILES string of the molecule is C[C@H]1C[C@H]1C(=O)NNC(=O)Cc1nc2ccccc2n1C. The highest BCUT2D eigenvalue weighted by Crippen LogP contribution is 2.37. The van der Waals surface area contributed by atoms with Crippen molar-refractivity contribution < 1.29 is 9.59 Å². The van der Waals surface area contributed by atoms with Crippen LogP contribution in [0.5, 0.6) is 0 Å². The van der Waals surface area contributed by atoms with Crippen molar-refractivity contribution in [3.05, 3.63) is 30.1 Å². The quantitative estimate of drug-likeness (QED) is 0.824. The van der Waals surface area contributed by atoms with Gasteiger partial charge >= 0.3 is 0 Å². The minimum absolute atomic E-state index is 0.0426. The Morgan fingerprint density at radius 1 is 1.33 bits per heavy atom. The third-order valence-electron chi connectivity index (χ3n) is 3.97. The summed E-state index contributed by atoms with van der Waals surface area (Å²) in [6, 6.07) is 7.72. The number of benzene rings is 1. The van der Waals surface area contributed by atoms with Gasteiger partial charge in [-0.1, -0.05) is 19.1 Å². The average Bonchev–Trinajstić information content (AvgIpc) is 3.13. The number of fused-ring (bicyclic) bond motifs is 1. The first-order valence-electron chi connectivity index (χ1n) is 7.05. The number of nitrogens with zero attached hydrogens (tertiary/aromatic N) is 2. The highest BCUT2D eigenvalue weighted by molar-refractivity contribution is 5.86. The second-order valence-corrected chi connectivity index (χ2v) is 5.61. The van der Waals surface area contributed by atoms with Crippen LogP contribution in [0.25, 0.3) is 11.0 Å². The number of hydrogen-bond acceptors (Lipinski definition) is 3. The molecule has 0 saturated heterocycles. The van der Waals surface area contributed by atoms with Crippen molar-refractivity contribution in [3.8, 4) is 0 Å². The Hall–Kier alpha value is -2.37. The van der Waals surface area contributed by atoms with Gasteiger partial charge in [0.25, 0.3) is 0 Å². The lowest BCUT2D eigenvalue weighted by Crippen LogP contribution is -2.43. The van der Waals surface area contributed by atoms with Gasteiger partial charge in [-0.05, 0) is 24.5 Å². The standard InChI is InChI=1S/C15H18N4O2/c1-9-7-10(9)15(21)18-17-14(20)8-13-16-11-5-3-4-6-12(11)19(13)2/h3-6,9-10H,7-8H2,1-2H3,(H,17,20)(H,18,21)/t9-,10+/m0/s1. The zero-order valence-electron chi connectivity index (χ0n) is 12.1. The maximum atomic E-state index is 11.9. The Labute approximate surface area is 122 Å². The molecule has 3 rings (SSSR count). The van der Waals surface area contributed by atoms with Gasteiger partial charge in [0, 0.05) is 13.0 Å². The van der Waals surface area contributed by atoms with E-state index in [4.69, 9.17) is 0 Å². The summed E-state index contributed by atoms with van der Waals surface area (Å²) in [6.45, 7) is 2.02. The Kier molecular flexibility index (Phi) is 3.37. The molecule has 0 unspecified atom stereocenters. The molecule has 0 radical (unpaired) electrons. The van der Waals surface area contributed by atoms with E-state index in [1.165, 1.54) is 0 Å². The highest BCUT2D eigenvalue weighted by Gasteiger charge is 2.39. The van der Waals surface area contributed by atoms with Gasteiger partial charge in [-0.25, -0.2) is 4.98 Å². The molecule has 1 aliphatic carbocycles. The lowest BCUT2D eigenvalue weighted by molar-refractivity contribution is -0.129. The zero-order chi connectivity index (χ0) is 15.0. The fraction of sp³-hybridized carbons (Fsp3) is 0.400. The molecule has 1 fully saturated rings. The lowest BCUT2D eigenvalue weighted by atomic mass is 10.3. The van der Waals surface area contributed by atoms with E-state index >= 15 is 0 Å². The molecule has 2 amide bonds. The number of hydrogen-bond donors (Lipinski definition) is 2. The summed E-state index contributed by atoms with van der Waals surface area (Å²) in [5.41, 5.74) is 6.77. The van der Waals surface area contributed by atoms with Crippen LogP contribution in [0.3, 0.4) is 0 Å². The van der Waals surface area contributed by atoms with Crippen LogP contribution >= 0.6 is 0 Å². The molecule has 21 heavy (non-hydrogen) atoms. The van der Waals surface area contributed by atoms with Gasteiger partial charge in [0.15, 0.2) is 0 Å². The summed E-state index contributed by atoms with van der Waals surface area (Å²) >= 11 is 0. The topological polar surface area (TPSA) is 76.0 Å². The van der Waals surface area contributed by atoms with Crippen LogP contribution in [0, 0.1) is 11.8 Å². The molecular formula is C15H18N4O2. The molecule has 0 spiro atoms. The molecule has 6 nitrogen and oxygen atoms in total. The van der Waals surface area contributed by atoms with Crippen LogP contribution in [0.1, 0.15) is 19.2 Å². The van der Waals surface area contributed by atoms with Crippen LogP contribution in [0.4, 0.5) is 0 Å². The number of amides is 2. The van der Waals surface area contributed by atoms with Gasteiger partial charge in [-0.3, -0.25) is 20.4 Å². The first kappa shape index (κ1) is 13.6. The van der Waals surface area contributed by atoms with E-state index in [9.17, 15) is 9.59 Å². The third-order valence-corrected chi connectivity index (χ3v) is 3.97. The summed E-state index contributed by atoms with van der Waals surface area (Å²) in [4.78, 5) is 28.0. The van der Waals surface area contributed by atoms with E-state index in [0.717, 1.165) is 17.5 Å². The fourth-order valence-electron chi connectivity index (χ4n) is 2.45. The molecule has 0 aliphatic heterocycles. The summed E-state index contributed by atoms with van der Waals surface area (Å²) < 4.78 is 1.89. The van der Waals surface area contributed by atoms with Crippen LogP contribution in [-0.2, 0) is 23.1 Å². The predicted molar refractivity (Wildman–Crippen MR) is 78.0 cm³/mol. The van der Waals surface area contributed by atoms with Gasteiger partial charge in [0.1, 0.15) is 5.82 Å². The number of nitrogens with one attached hydrogen (secondary N) is 2. The number of hydrazine groups is 1. The number of para-hydroxylation sites is 2. The molecule has 1 aromatic heterocycles. The van der Waals surface area contributed by atoms with E-state index in [0.29, 0.717) is 11.7 Å². The molecule has 6 heteroatoms. The maximum Gasteiger partial charge on any atom is 0.245 e. The van der Waals surface area contributed by atoms with Crippen molar-refractivity contribution in [1.82, 2.24) is 20.4 Å². The van der Waals surface area contributed by atoms with E-state index in [1.807, 2.05) is 42.8 Å². The molecule has 110 valence electrons. The molecule has 1 aromatic carbocycles. The molecular weight excluding hydrogens is 268 g/mol. The first-order valence-corrected chi connectivity index (χ1v) is 7.05. The summed E-state index contributed by atoms with van der Waals surface area (Å²) in [6.07, 6.45) is 1.03. The maximum absolute atomic E-state index is 11.9. The van der Waals surface area contributed by atoms with Crippen LogP contribution in [0.15, 0.2) is 24.3 Å². The van der Waals surface area contributed by atoms with E-state index in [1.54, 1.807) is 0 Å². The lowest BCUT2D eigenvalue weighted by Gasteiger charge is -2.07. The number of aryl methyl sites for hydroxylation is 1. The van der Waals surface area contributed by atoms with Crippen LogP contribution in [0.2, 0.25) is 0 Å². The van der Waals surface area contributed by atoms with Gasteiger partial charge in [0.05, 0.1) is 17.5 Å². The normalized spacial score (nSPS) is 20.3. The second-order valence-electron chi connectivity index (χ2n) is 5.61. The van der Waals surface area contributed by atoms with Gasteiger partial charge < -0.3 is 4.57 Å². The van der Waals surface area contributed by atoms with Crippen molar-refractivity contribution in [2.24, 2.45) is 18.9 Å². The minimum Gasteiger partial charge on any atom is -0.331 e. The highest BCUT2D eigenvalue weighted by atomic mass is 16.2. The molecule has 2 atom stereocenters. The van der Waals surface area contributed by atoms with E-state index in [2.05, 4.69) is 15.8 Å². The van der Waals surface area contributed by atoms with E-state index < -0.39 is 0 Å². The molecule has 1 aliphatic rings. The minimum atomic E-state index is -0.268. The van der Waals surface area contributed by atoms with Crippen molar-refractivity contribution in [3.63, 3.8) is 0 Å². The third kappa shape index (κ3) is 2.74. The number of rotatable bonds is 3. The number of aromatic nitrogens is 2. The predicted octanol–water partition coefficient (Wildman–Crippen LogP) is 0.919. The fourth-order valence-corrected chi connectivity index (χ4v) is 2.45. The Morgan fingerprint density at radius 2 is 2.05 bits per heavy atom. The first-order chi connectivity index (χ1) is 10.1. The molecule has 1 saturated carbocycles. The Balaban J connectivity index is 1.61. The Bertz CT molecular complexity index is 707. The number of carbonyl (C=O) groups is 2. The van der Waals surface area contributed by atoms with Crippen molar-refractivity contribution in [2.75, 3.05) is 0 Å². The monoisotopic (exact) mass is 286 g/mol. The van der Waals surface area contributed by atoms with Gasteiger partial charge in [-0.15, -0.1) is 0 Å². The summed E-state index contributed by atoms with van der Waals surface area (Å²) in [7, 11) is 1.88. The molecule has 0 bridgehead atoms. The average molecular weight is 286 g/mol. The zero-order valence-corrected chi connectivity index (χ0v) is 12.1.